The van der Waals surface area contributed by atoms with E-state index in [0.29, 0.717) is 0 Å². The van der Waals surface area contributed by atoms with E-state index in [9.17, 15) is 0 Å². The van der Waals surface area contributed by atoms with E-state index in [2.05, 4.69) is 32.7 Å². The number of nitrogens with one attached hydrogen (secondary N) is 1. The third-order valence-corrected chi connectivity index (χ3v) is 3.35. The lowest BCUT2D eigenvalue weighted by Gasteiger charge is -2.03. The first kappa shape index (κ1) is 12.2. The van der Waals surface area contributed by atoms with E-state index >= 15 is 0 Å². The van der Waals surface area contributed by atoms with Gasteiger partial charge in [-0.05, 0) is 52.8 Å². The maximum absolute atomic E-state index is 5.24. The Kier molecular flexibility index (Phi) is 6.43. The van der Waals surface area contributed by atoms with Gasteiger partial charge in [-0.1, -0.05) is 0 Å². The molecule has 0 spiro atoms. The molecule has 0 bridgehead atoms. The molecule has 80 valence electrons. The van der Waals surface area contributed by atoms with Crippen molar-refractivity contribution in [3.05, 3.63) is 20.8 Å². The Morgan fingerprint density at radius 1 is 1.57 bits per heavy atom. The fraction of sp³-hybridized carbons (Fsp3) is 0.600. The molecule has 0 aromatic carbocycles. The number of thiophene rings is 1. The normalized spacial score (nSPS) is 10.7. The highest BCUT2D eigenvalue weighted by molar-refractivity contribution is 9.11. The summed E-state index contributed by atoms with van der Waals surface area (Å²) >= 11 is 5.17. The lowest BCUT2D eigenvalue weighted by molar-refractivity contribution is 0.144. The van der Waals surface area contributed by atoms with Crippen LogP contribution in [-0.2, 0) is 11.3 Å². The van der Waals surface area contributed by atoms with Gasteiger partial charge in [-0.25, -0.2) is 0 Å². The largest absolute Gasteiger partial charge is 0.382 e. The average molecular weight is 278 g/mol. The van der Waals surface area contributed by atoms with Crippen LogP contribution in [0.5, 0.6) is 0 Å². The fourth-order valence-corrected chi connectivity index (χ4v) is 2.32. The van der Waals surface area contributed by atoms with Gasteiger partial charge in [0.25, 0.3) is 0 Å². The maximum Gasteiger partial charge on any atom is 0.0701 e. The van der Waals surface area contributed by atoms with Gasteiger partial charge in [-0.3, -0.25) is 0 Å². The van der Waals surface area contributed by atoms with Crippen LogP contribution in [0.2, 0.25) is 0 Å². The van der Waals surface area contributed by atoms with Gasteiger partial charge < -0.3 is 10.1 Å². The Balaban J connectivity index is 1.99. The number of hydrogen-bond acceptors (Lipinski definition) is 3. The van der Waals surface area contributed by atoms with Crippen LogP contribution in [0.25, 0.3) is 0 Å². The standard InChI is InChI=1S/C10H16BrNOS/c1-2-13-5-3-4-12-7-9-6-10(11)14-8-9/h6,8,12H,2-5,7H2,1H3. The summed E-state index contributed by atoms with van der Waals surface area (Å²) in [5.74, 6) is 0. The van der Waals surface area contributed by atoms with Crippen molar-refractivity contribution in [2.24, 2.45) is 0 Å². The lowest BCUT2D eigenvalue weighted by Crippen LogP contribution is -2.15. The molecule has 4 heteroatoms. The van der Waals surface area contributed by atoms with Crippen molar-refractivity contribution in [3.8, 4) is 0 Å². The first-order valence-electron chi connectivity index (χ1n) is 4.84. The maximum atomic E-state index is 5.24. The van der Waals surface area contributed by atoms with Gasteiger partial charge in [0, 0.05) is 19.8 Å². The summed E-state index contributed by atoms with van der Waals surface area (Å²) in [7, 11) is 0. The second kappa shape index (κ2) is 7.40. The molecule has 0 aliphatic rings. The van der Waals surface area contributed by atoms with Gasteiger partial charge in [0.2, 0.25) is 0 Å². The van der Waals surface area contributed by atoms with Crippen LogP contribution < -0.4 is 5.32 Å². The van der Waals surface area contributed by atoms with Gasteiger partial charge in [0.15, 0.2) is 0 Å². The summed E-state index contributed by atoms with van der Waals surface area (Å²) in [4.78, 5) is 0. The fourth-order valence-electron chi connectivity index (χ4n) is 1.11. The summed E-state index contributed by atoms with van der Waals surface area (Å²) in [5.41, 5.74) is 1.35. The van der Waals surface area contributed by atoms with E-state index in [4.69, 9.17) is 4.74 Å². The molecule has 0 aliphatic heterocycles. The SMILES string of the molecule is CCOCCCNCc1csc(Br)c1. The summed E-state index contributed by atoms with van der Waals surface area (Å²) in [6.07, 6.45) is 1.08. The first-order valence-corrected chi connectivity index (χ1v) is 6.51. The van der Waals surface area contributed by atoms with Crippen molar-refractivity contribution < 1.29 is 4.74 Å². The van der Waals surface area contributed by atoms with E-state index < -0.39 is 0 Å². The van der Waals surface area contributed by atoms with Gasteiger partial charge in [0.1, 0.15) is 0 Å². The molecular weight excluding hydrogens is 262 g/mol. The lowest BCUT2D eigenvalue weighted by atomic mass is 10.3. The number of halogens is 1. The zero-order valence-corrected chi connectivity index (χ0v) is 10.8. The molecule has 14 heavy (non-hydrogen) atoms. The minimum atomic E-state index is 0.817. The summed E-state index contributed by atoms with van der Waals surface area (Å²) in [6, 6.07) is 2.15. The van der Waals surface area contributed by atoms with Crippen molar-refractivity contribution in [2.75, 3.05) is 19.8 Å². The van der Waals surface area contributed by atoms with Crippen LogP contribution in [0.4, 0.5) is 0 Å². The summed E-state index contributed by atoms with van der Waals surface area (Å²) in [6.45, 7) is 5.67. The molecular formula is C10H16BrNOS. The van der Waals surface area contributed by atoms with Crippen LogP contribution in [0.1, 0.15) is 18.9 Å². The molecule has 0 amide bonds. The highest BCUT2D eigenvalue weighted by Gasteiger charge is 1.95. The predicted molar refractivity (Wildman–Crippen MR) is 64.8 cm³/mol. The molecule has 0 fully saturated rings. The zero-order chi connectivity index (χ0) is 10.2. The van der Waals surface area contributed by atoms with E-state index in [1.54, 1.807) is 11.3 Å². The van der Waals surface area contributed by atoms with Crippen LogP contribution in [0, 0.1) is 0 Å². The van der Waals surface area contributed by atoms with Crippen molar-refractivity contribution >= 4 is 27.3 Å². The number of rotatable bonds is 7. The van der Waals surface area contributed by atoms with Crippen molar-refractivity contribution in [1.29, 1.82) is 0 Å². The average Bonchev–Trinajstić information content (AvgIpc) is 2.58. The number of ether oxygens (including phenoxy) is 1. The zero-order valence-electron chi connectivity index (χ0n) is 8.38. The van der Waals surface area contributed by atoms with Gasteiger partial charge in [-0.15, -0.1) is 11.3 Å². The Bertz CT molecular complexity index is 252. The molecule has 2 nitrogen and oxygen atoms in total. The van der Waals surface area contributed by atoms with Crippen molar-refractivity contribution in [2.45, 2.75) is 19.9 Å². The van der Waals surface area contributed by atoms with Gasteiger partial charge in [0.05, 0.1) is 3.79 Å². The highest BCUT2D eigenvalue weighted by Crippen LogP contribution is 2.20. The predicted octanol–water partition coefficient (Wildman–Crippen LogP) is 3.03. The molecule has 1 aromatic rings. The smallest absolute Gasteiger partial charge is 0.0701 e. The molecule has 1 N–H and O–H groups in total. The van der Waals surface area contributed by atoms with Gasteiger partial charge in [-0.2, -0.15) is 0 Å². The highest BCUT2D eigenvalue weighted by atomic mass is 79.9. The summed E-state index contributed by atoms with van der Waals surface area (Å²) in [5, 5.41) is 5.55. The topological polar surface area (TPSA) is 21.3 Å². The third kappa shape index (κ3) is 5.10. The quantitative estimate of drug-likeness (QED) is 0.774. The third-order valence-electron chi connectivity index (χ3n) is 1.80. The second-order valence-corrected chi connectivity index (χ2v) is 5.28. The Labute approximate surface area is 97.8 Å². The van der Waals surface area contributed by atoms with Crippen LogP contribution in [0.15, 0.2) is 15.2 Å². The molecule has 0 unspecified atom stereocenters. The second-order valence-electron chi connectivity index (χ2n) is 2.99. The Hall–Kier alpha value is 0.100. The molecule has 1 rings (SSSR count). The molecule has 1 heterocycles. The molecule has 0 radical (unpaired) electrons. The van der Waals surface area contributed by atoms with Crippen LogP contribution in [-0.4, -0.2) is 19.8 Å². The monoisotopic (exact) mass is 277 g/mol. The van der Waals surface area contributed by atoms with E-state index in [0.717, 1.165) is 32.7 Å². The molecule has 1 aromatic heterocycles. The van der Waals surface area contributed by atoms with Gasteiger partial charge >= 0.3 is 0 Å². The van der Waals surface area contributed by atoms with E-state index in [-0.39, 0.29) is 0 Å². The molecule has 0 saturated heterocycles. The van der Waals surface area contributed by atoms with Crippen molar-refractivity contribution in [3.63, 3.8) is 0 Å². The van der Waals surface area contributed by atoms with E-state index in [1.165, 1.54) is 9.35 Å². The van der Waals surface area contributed by atoms with Crippen LogP contribution >= 0.6 is 27.3 Å². The van der Waals surface area contributed by atoms with Crippen molar-refractivity contribution in [1.82, 2.24) is 5.32 Å². The Morgan fingerprint density at radius 2 is 2.43 bits per heavy atom. The molecule has 0 saturated carbocycles. The van der Waals surface area contributed by atoms with E-state index in [1.807, 2.05) is 6.92 Å². The minimum Gasteiger partial charge on any atom is -0.382 e. The molecule has 0 atom stereocenters. The Morgan fingerprint density at radius 3 is 3.07 bits per heavy atom. The molecule has 0 aliphatic carbocycles. The first-order chi connectivity index (χ1) is 6.83. The minimum absolute atomic E-state index is 0.817. The van der Waals surface area contributed by atoms with Crippen LogP contribution in [0.3, 0.4) is 0 Å². The number of hydrogen-bond donors (Lipinski definition) is 1. The summed E-state index contributed by atoms with van der Waals surface area (Å²) < 4.78 is 6.44.